The zero-order valence-electron chi connectivity index (χ0n) is 6.16. The van der Waals surface area contributed by atoms with E-state index in [0.29, 0.717) is 5.92 Å². The van der Waals surface area contributed by atoms with Crippen LogP contribution >= 0.6 is 0 Å². The second-order valence-electron chi connectivity index (χ2n) is 3.79. The van der Waals surface area contributed by atoms with Crippen molar-refractivity contribution in [2.45, 2.75) is 25.4 Å². The molecule has 0 aromatic heterocycles. The van der Waals surface area contributed by atoms with Crippen molar-refractivity contribution in [2.75, 3.05) is 6.54 Å². The first-order chi connectivity index (χ1) is 4.81. The molecule has 0 aromatic carbocycles. The van der Waals surface area contributed by atoms with Crippen molar-refractivity contribution < 1.29 is 5.11 Å². The number of fused-ring (bicyclic) bond motifs is 2. The van der Waals surface area contributed by atoms with Gasteiger partial charge in [0.15, 0.2) is 0 Å². The number of hydrogen-bond acceptors (Lipinski definition) is 2. The molecule has 4 atom stereocenters. The molecule has 10 heavy (non-hydrogen) atoms. The fourth-order valence-electron chi connectivity index (χ4n) is 2.65. The number of aliphatic hydroxyl groups excluding tert-OH is 1. The third-order valence-corrected chi connectivity index (χ3v) is 3.27. The van der Waals surface area contributed by atoms with Gasteiger partial charge in [-0.1, -0.05) is 0 Å². The van der Waals surface area contributed by atoms with E-state index in [-0.39, 0.29) is 6.10 Å². The molecule has 0 spiro atoms. The first-order valence-corrected chi connectivity index (χ1v) is 4.19. The van der Waals surface area contributed by atoms with Gasteiger partial charge in [0.1, 0.15) is 0 Å². The lowest BCUT2D eigenvalue weighted by atomic mass is 9.87. The van der Waals surface area contributed by atoms with Crippen LogP contribution < -0.4 is 5.73 Å². The van der Waals surface area contributed by atoms with Crippen LogP contribution in [0.1, 0.15) is 19.3 Å². The quantitative estimate of drug-likeness (QED) is 0.553. The number of hydrogen-bond donors (Lipinski definition) is 2. The van der Waals surface area contributed by atoms with E-state index in [4.69, 9.17) is 5.73 Å². The summed E-state index contributed by atoms with van der Waals surface area (Å²) < 4.78 is 0. The van der Waals surface area contributed by atoms with Gasteiger partial charge in [-0.2, -0.15) is 0 Å². The summed E-state index contributed by atoms with van der Waals surface area (Å²) >= 11 is 0. The molecule has 2 aliphatic carbocycles. The molecule has 2 fully saturated rings. The Bertz CT molecular complexity index is 135. The molecule has 2 heteroatoms. The molecule has 0 saturated heterocycles. The SMILES string of the molecule is NC[C@@H]1C[C@H]2C[C@@H]1C[C@H]2O. The second kappa shape index (κ2) is 2.21. The van der Waals surface area contributed by atoms with Crippen molar-refractivity contribution in [1.82, 2.24) is 0 Å². The van der Waals surface area contributed by atoms with Crippen molar-refractivity contribution in [2.24, 2.45) is 23.5 Å². The third-order valence-electron chi connectivity index (χ3n) is 3.27. The summed E-state index contributed by atoms with van der Waals surface area (Å²) in [6, 6.07) is 0. The van der Waals surface area contributed by atoms with Gasteiger partial charge >= 0.3 is 0 Å². The van der Waals surface area contributed by atoms with Gasteiger partial charge in [0.2, 0.25) is 0 Å². The minimum Gasteiger partial charge on any atom is -0.393 e. The van der Waals surface area contributed by atoms with E-state index in [9.17, 15) is 5.11 Å². The smallest absolute Gasteiger partial charge is 0.0571 e. The third kappa shape index (κ3) is 0.789. The Morgan fingerprint density at radius 1 is 1.20 bits per heavy atom. The molecule has 0 radical (unpaired) electrons. The predicted molar refractivity (Wildman–Crippen MR) is 39.4 cm³/mol. The maximum absolute atomic E-state index is 9.39. The van der Waals surface area contributed by atoms with Gasteiger partial charge < -0.3 is 10.8 Å². The van der Waals surface area contributed by atoms with Gasteiger partial charge in [-0.15, -0.1) is 0 Å². The zero-order valence-corrected chi connectivity index (χ0v) is 6.16. The van der Waals surface area contributed by atoms with Crippen LogP contribution in [0.3, 0.4) is 0 Å². The fourth-order valence-corrected chi connectivity index (χ4v) is 2.65. The highest BCUT2D eigenvalue weighted by atomic mass is 16.3. The first-order valence-electron chi connectivity index (χ1n) is 4.19. The minimum atomic E-state index is 0.00722. The van der Waals surface area contributed by atoms with E-state index in [1.807, 2.05) is 0 Å². The van der Waals surface area contributed by atoms with E-state index in [1.54, 1.807) is 0 Å². The Labute approximate surface area is 61.4 Å². The Hall–Kier alpha value is -0.0800. The average Bonchev–Trinajstić information content (AvgIpc) is 2.44. The largest absolute Gasteiger partial charge is 0.393 e. The lowest BCUT2D eigenvalue weighted by Crippen LogP contribution is -2.26. The molecule has 0 unspecified atom stereocenters. The zero-order chi connectivity index (χ0) is 7.14. The summed E-state index contributed by atoms with van der Waals surface area (Å²) in [6.45, 7) is 0.827. The summed E-state index contributed by atoms with van der Waals surface area (Å²) in [7, 11) is 0. The van der Waals surface area contributed by atoms with Crippen LogP contribution in [0.2, 0.25) is 0 Å². The Morgan fingerprint density at radius 2 is 2.00 bits per heavy atom. The number of aliphatic hydroxyl groups is 1. The van der Waals surface area contributed by atoms with Gasteiger partial charge in [-0.25, -0.2) is 0 Å². The molecule has 2 rings (SSSR count). The van der Waals surface area contributed by atoms with Gasteiger partial charge in [-0.3, -0.25) is 0 Å². The fraction of sp³-hybridized carbons (Fsp3) is 1.00. The molecule has 0 aliphatic heterocycles. The molecule has 3 N–H and O–H groups in total. The van der Waals surface area contributed by atoms with E-state index < -0.39 is 0 Å². The van der Waals surface area contributed by atoms with Crippen LogP contribution in [-0.4, -0.2) is 17.8 Å². The van der Waals surface area contributed by atoms with Crippen molar-refractivity contribution in [1.29, 1.82) is 0 Å². The van der Waals surface area contributed by atoms with Gasteiger partial charge in [0.25, 0.3) is 0 Å². The first kappa shape index (κ1) is 6.62. The summed E-state index contributed by atoms with van der Waals surface area (Å²) in [5, 5.41) is 9.39. The molecule has 2 bridgehead atoms. The highest BCUT2D eigenvalue weighted by molar-refractivity contribution is 4.95. The highest BCUT2D eigenvalue weighted by Crippen LogP contribution is 2.47. The van der Waals surface area contributed by atoms with Crippen molar-refractivity contribution >= 4 is 0 Å². The van der Waals surface area contributed by atoms with E-state index in [1.165, 1.54) is 12.8 Å². The minimum absolute atomic E-state index is 0.00722. The predicted octanol–water partition coefficient (Wildman–Crippen LogP) is 0.352. The Kier molecular flexibility index (Phi) is 1.46. The molecule has 0 heterocycles. The van der Waals surface area contributed by atoms with Gasteiger partial charge in [0, 0.05) is 0 Å². The van der Waals surface area contributed by atoms with Crippen LogP contribution in [0, 0.1) is 17.8 Å². The lowest BCUT2D eigenvalue weighted by molar-refractivity contribution is 0.0967. The summed E-state index contributed by atoms with van der Waals surface area (Å²) in [5.74, 6) is 2.08. The van der Waals surface area contributed by atoms with E-state index >= 15 is 0 Å². The molecule has 2 saturated carbocycles. The summed E-state index contributed by atoms with van der Waals surface area (Å²) in [4.78, 5) is 0. The van der Waals surface area contributed by atoms with Crippen LogP contribution in [0.15, 0.2) is 0 Å². The van der Waals surface area contributed by atoms with E-state index in [2.05, 4.69) is 0 Å². The maximum atomic E-state index is 9.39. The average molecular weight is 141 g/mol. The van der Waals surface area contributed by atoms with Gasteiger partial charge in [0.05, 0.1) is 6.10 Å². The van der Waals surface area contributed by atoms with Crippen LogP contribution in [-0.2, 0) is 0 Å². The molecule has 0 aromatic rings. The molecule has 0 amide bonds. The van der Waals surface area contributed by atoms with E-state index in [0.717, 1.165) is 24.8 Å². The van der Waals surface area contributed by atoms with Crippen LogP contribution in [0.25, 0.3) is 0 Å². The summed E-state index contributed by atoms with van der Waals surface area (Å²) in [6.07, 6.45) is 3.45. The van der Waals surface area contributed by atoms with Gasteiger partial charge in [-0.05, 0) is 43.6 Å². The van der Waals surface area contributed by atoms with Crippen LogP contribution in [0.4, 0.5) is 0 Å². The standard InChI is InChI=1S/C8H15NO/c9-4-7-2-6-1-5(7)3-8(6)10/h5-8,10H,1-4,9H2/t5-,6-,7+,8-/m1/s1. The monoisotopic (exact) mass is 141 g/mol. The Morgan fingerprint density at radius 3 is 2.40 bits per heavy atom. The molecule has 2 nitrogen and oxygen atoms in total. The lowest BCUT2D eigenvalue weighted by Gasteiger charge is -2.23. The normalized spacial score (nSPS) is 52.2. The molecular weight excluding hydrogens is 126 g/mol. The second-order valence-corrected chi connectivity index (χ2v) is 3.79. The molecule has 2 aliphatic rings. The number of nitrogens with two attached hydrogens (primary N) is 1. The number of rotatable bonds is 1. The molecular formula is C8H15NO. The summed E-state index contributed by atoms with van der Waals surface area (Å²) in [5.41, 5.74) is 5.58. The van der Waals surface area contributed by atoms with Crippen molar-refractivity contribution in [3.63, 3.8) is 0 Å². The van der Waals surface area contributed by atoms with Crippen LogP contribution in [0.5, 0.6) is 0 Å². The van der Waals surface area contributed by atoms with Crippen molar-refractivity contribution in [3.8, 4) is 0 Å². The topological polar surface area (TPSA) is 46.2 Å². The maximum Gasteiger partial charge on any atom is 0.0571 e. The Balaban J connectivity index is 2.02. The molecule has 58 valence electrons. The van der Waals surface area contributed by atoms with Crippen molar-refractivity contribution in [3.05, 3.63) is 0 Å². The highest BCUT2D eigenvalue weighted by Gasteiger charge is 2.44.